The molecule has 4 atom stereocenters. The lowest BCUT2D eigenvalue weighted by Crippen LogP contribution is -2.30. The van der Waals surface area contributed by atoms with Gasteiger partial charge in [0.2, 0.25) is 0 Å². The number of allylic oxidation sites excluding steroid dienone is 1. The minimum absolute atomic E-state index is 0.0616. The summed E-state index contributed by atoms with van der Waals surface area (Å²) in [6.45, 7) is 2.06. The highest BCUT2D eigenvalue weighted by molar-refractivity contribution is 7.92. The monoisotopic (exact) mass is 550 g/mol. The van der Waals surface area contributed by atoms with Crippen LogP contribution >= 0.6 is 0 Å². The number of hydrogen-bond acceptors (Lipinski definition) is 8. The van der Waals surface area contributed by atoms with Crippen LogP contribution in [0.15, 0.2) is 42.5 Å². The summed E-state index contributed by atoms with van der Waals surface area (Å²) in [6.07, 6.45) is 7.93. The molecule has 38 heavy (non-hydrogen) atoms. The van der Waals surface area contributed by atoms with Crippen LogP contribution in [0, 0.1) is 5.92 Å². The summed E-state index contributed by atoms with van der Waals surface area (Å²) in [5.41, 5.74) is 0.613. The van der Waals surface area contributed by atoms with Crippen molar-refractivity contribution in [2.24, 2.45) is 5.92 Å². The maximum Gasteiger partial charge on any atom is 0.340 e. The Kier molecular flexibility index (Phi) is 13.7. The summed E-state index contributed by atoms with van der Waals surface area (Å²) < 4.78 is 42.1. The van der Waals surface area contributed by atoms with Gasteiger partial charge in [0.25, 0.3) is 0 Å². The predicted molar refractivity (Wildman–Crippen MR) is 145 cm³/mol. The third-order valence-electron chi connectivity index (χ3n) is 6.91. The van der Waals surface area contributed by atoms with E-state index in [0.717, 1.165) is 32.1 Å². The Hall–Kier alpha value is -2.52. The van der Waals surface area contributed by atoms with Crippen LogP contribution in [0.4, 0.5) is 0 Å². The van der Waals surface area contributed by atoms with Crippen molar-refractivity contribution < 1.29 is 37.0 Å². The second kappa shape index (κ2) is 16.4. The molecular formula is C29H42O8S. The van der Waals surface area contributed by atoms with Crippen molar-refractivity contribution in [1.82, 2.24) is 0 Å². The Morgan fingerprint density at radius 2 is 1.66 bits per heavy atom. The number of carbonyl (C=O) groups excluding carboxylic acids is 3. The molecule has 0 saturated carbocycles. The van der Waals surface area contributed by atoms with E-state index in [1.807, 2.05) is 6.07 Å². The molecule has 0 spiro atoms. The average molecular weight is 551 g/mol. The molecule has 1 aromatic carbocycles. The van der Waals surface area contributed by atoms with Gasteiger partial charge in [0.05, 0.1) is 18.1 Å². The zero-order chi connectivity index (χ0) is 28.0. The summed E-state index contributed by atoms with van der Waals surface area (Å²) in [4.78, 5) is 36.8. The molecule has 1 heterocycles. The molecule has 1 unspecified atom stereocenters. The molecule has 8 nitrogen and oxygen atoms in total. The van der Waals surface area contributed by atoms with Crippen molar-refractivity contribution in [1.29, 1.82) is 0 Å². The smallest absolute Gasteiger partial charge is 0.340 e. The first-order valence-electron chi connectivity index (χ1n) is 13.5. The van der Waals surface area contributed by atoms with Crippen LogP contribution in [0.5, 0.6) is 0 Å². The van der Waals surface area contributed by atoms with Gasteiger partial charge in [-0.1, -0.05) is 75.4 Å². The summed E-state index contributed by atoms with van der Waals surface area (Å²) in [5, 5.41) is -0.752. The van der Waals surface area contributed by atoms with Crippen molar-refractivity contribution in [3.63, 3.8) is 0 Å². The SMILES string of the molecule is CCCCCC(=O)C=C[C@@H]1[C@@H](OC(=O)C(OC)c2ccccc2)CS(=O)(=O)[C@H]1CCCCCCC(=O)OC. The average Bonchev–Trinajstić information content (AvgIpc) is 3.13. The first-order valence-corrected chi connectivity index (χ1v) is 15.2. The first kappa shape index (κ1) is 31.7. The molecule has 0 bridgehead atoms. The summed E-state index contributed by atoms with van der Waals surface area (Å²) in [7, 11) is -0.805. The lowest BCUT2D eigenvalue weighted by molar-refractivity contribution is -0.161. The molecule has 212 valence electrons. The summed E-state index contributed by atoms with van der Waals surface area (Å²) in [5.74, 6) is -1.90. The molecule has 1 saturated heterocycles. The number of benzene rings is 1. The molecule has 2 rings (SSSR count). The lowest BCUT2D eigenvalue weighted by atomic mass is 9.94. The molecule has 1 aromatic rings. The standard InChI is InChI=1S/C29H42O8S/c1-4-5-9-16-23(30)19-20-24-25(37-29(32)28(36-3)22-14-10-8-11-15-22)21-38(33,34)26(24)17-12-6-7-13-18-27(31)35-2/h8,10-11,14-15,19-20,24-26,28H,4-7,9,12-13,16-18,21H2,1-3H3/t24-,25+,26+,28?/m1/s1. The van der Waals surface area contributed by atoms with Gasteiger partial charge in [0.15, 0.2) is 21.7 Å². The number of unbranched alkanes of at least 4 members (excludes halogenated alkanes) is 5. The van der Waals surface area contributed by atoms with Crippen molar-refractivity contribution in [2.45, 2.75) is 88.6 Å². The Labute approximate surface area is 227 Å². The third kappa shape index (κ3) is 9.98. The Balaban J connectivity index is 2.13. The number of hydrogen-bond donors (Lipinski definition) is 0. The van der Waals surface area contributed by atoms with Crippen LogP contribution < -0.4 is 0 Å². The normalized spacial score (nSPS) is 21.3. The van der Waals surface area contributed by atoms with Crippen molar-refractivity contribution in [2.75, 3.05) is 20.0 Å². The van der Waals surface area contributed by atoms with Crippen molar-refractivity contribution in [3.8, 4) is 0 Å². The summed E-state index contributed by atoms with van der Waals surface area (Å²) >= 11 is 0. The summed E-state index contributed by atoms with van der Waals surface area (Å²) in [6, 6.07) is 8.88. The zero-order valence-electron chi connectivity index (χ0n) is 22.8. The topological polar surface area (TPSA) is 113 Å². The molecule has 0 radical (unpaired) electrons. The second-order valence-electron chi connectivity index (χ2n) is 9.76. The van der Waals surface area contributed by atoms with E-state index in [2.05, 4.69) is 11.7 Å². The number of ketones is 1. The second-order valence-corrected chi connectivity index (χ2v) is 12.0. The lowest BCUT2D eigenvalue weighted by Gasteiger charge is -2.23. The van der Waals surface area contributed by atoms with Gasteiger partial charge in [-0.2, -0.15) is 0 Å². The molecule has 0 aromatic heterocycles. The molecule has 9 heteroatoms. The van der Waals surface area contributed by atoms with Gasteiger partial charge in [-0.15, -0.1) is 0 Å². The van der Waals surface area contributed by atoms with Crippen LogP contribution in [-0.2, 0) is 38.4 Å². The van der Waals surface area contributed by atoms with E-state index in [-0.39, 0.29) is 17.5 Å². The number of esters is 2. The van der Waals surface area contributed by atoms with Gasteiger partial charge < -0.3 is 14.2 Å². The fraction of sp³-hybridized carbons (Fsp3) is 0.621. The van der Waals surface area contributed by atoms with Gasteiger partial charge in [-0.05, 0) is 30.9 Å². The molecule has 0 N–H and O–H groups in total. The predicted octanol–water partition coefficient (Wildman–Crippen LogP) is 4.92. The van der Waals surface area contributed by atoms with E-state index in [4.69, 9.17) is 9.47 Å². The van der Waals surface area contributed by atoms with Crippen molar-refractivity contribution in [3.05, 3.63) is 48.0 Å². The van der Waals surface area contributed by atoms with Gasteiger partial charge in [-0.3, -0.25) is 9.59 Å². The van der Waals surface area contributed by atoms with E-state index in [9.17, 15) is 22.8 Å². The number of rotatable bonds is 17. The van der Waals surface area contributed by atoms with Crippen LogP contribution in [0.3, 0.4) is 0 Å². The number of ether oxygens (including phenoxy) is 3. The van der Waals surface area contributed by atoms with Crippen LogP contribution in [0.2, 0.25) is 0 Å². The maximum absolute atomic E-state index is 13.2. The Bertz CT molecular complexity index is 1020. The van der Waals surface area contributed by atoms with E-state index in [0.29, 0.717) is 37.7 Å². The van der Waals surface area contributed by atoms with E-state index in [1.54, 1.807) is 30.3 Å². The fourth-order valence-corrected chi connectivity index (χ4v) is 7.07. The molecule has 1 aliphatic heterocycles. The highest BCUT2D eigenvalue weighted by Crippen LogP contribution is 2.35. The van der Waals surface area contributed by atoms with E-state index >= 15 is 0 Å². The van der Waals surface area contributed by atoms with Crippen molar-refractivity contribution >= 4 is 27.6 Å². The minimum atomic E-state index is -3.56. The van der Waals surface area contributed by atoms with E-state index in [1.165, 1.54) is 20.3 Å². The quantitative estimate of drug-likeness (QED) is 0.153. The Morgan fingerprint density at radius 3 is 2.32 bits per heavy atom. The Morgan fingerprint density at radius 1 is 0.974 bits per heavy atom. The molecule has 1 aliphatic rings. The maximum atomic E-state index is 13.2. The number of methoxy groups -OCH3 is 2. The largest absolute Gasteiger partial charge is 0.469 e. The fourth-order valence-electron chi connectivity index (χ4n) is 4.80. The molecule has 0 aliphatic carbocycles. The highest BCUT2D eigenvalue weighted by Gasteiger charge is 2.48. The van der Waals surface area contributed by atoms with Gasteiger partial charge in [0, 0.05) is 25.9 Å². The first-order chi connectivity index (χ1) is 18.2. The molecular weight excluding hydrogens is 508 g/mol. The van der Waals surface area contributed by atoms with Crippen LogP contribution in [0.1, 0.15) is 82.8 Å². The molecule has 1 fully saturated rings. The number of sulfone groups is 1. The van der Waals surface area contributed by atoms with Gasteiger partial charge in [-0.25, -0.2) is 13.2 Å². The number of carbonyl (C=O) groups is 3. The minimum Gasteiger partial charge on any atom is -0.469 e. The van der Waals surface area contributed by atoms with Crippen LogP contribution in [0.25, 0.3) is 0 Å². The van der Waals surface area contributed by atoms with Gasteiger partial charge >= 0.3 is 11.9 Å². The van der Waals surface area contributed by atoms with Gasteiger partial charge in [0.1, 0.15) is 6.10 Å². The highest BCUT2D eigenvalue weighted by atomic mass is 32.2. The third-order valence-corrected chi connectivity index (χ3v) is 9.18. The van der Waals surface area contributed by atoms with Crippen LogP contribution in [-0.4, -0.2) is 57.5 Å². The van der Waals surface area contributed by atoms with E-state index < -0.39 is 39.2 Å². The zero-order valence-corrected chi connectivity index (χ0v) is 23.6. The molecule has 0 amide bonds.